The first kappa shape index (κ1) is 18.9. The quantitative estimate of drug-likeness (QED) is 0.770. The third-order valence-corrected chi connectivity index (χ3v) is 4.72. The van der Waals surface area contributed by atoms with Gasteiger partial charge in [-0.3, -0.25) is 0 Å². The molecule has 2 heterocycles. The number of carbonyl (C=O) groups is 2. The average Bonchev–Trinajstić information content (AvgIpc) is 2.68. The van der Waals surface area contributed by atoms with Crippen LogP contribution in [0.25, 0.3) is 10.9 Å². The van der Waals surface area contributed by atoms with E-state index < -0.39 is 0 Å². The van der Waals surface area contributed by atoms with Crippen molar-refractivity contribution in [2.75, 3.05) is 44.3 Å². The van der Waals surface area contributed by atoms with E-state index in [0.717, 1.165) is 16.5 Å². The molecule has 7 heteroatoms. The number of nitrogens with zero attached hydrogens (tertiary/aromatic N) is 3. The second-order valence-electron chi connectivity index (χ2n) is 6.35. The predicted octanol–water partition coefficient (Wildman–Crippen LogP) is 3.00. The van der Waals surface area contributed by atoms with Crippen molar-refractivity contribution in [3.63, 3.8) is 0 Å². The zero-order valence-corrected chi connectivity index (χ0v) is 16.0. The van der Waals surface area contributed by atoms with Gasteiger partial charge in [-0.2, -0.15) is 0 Å². The summed E-state index contributed by atoms with van der Waals surface area (Å²) in [5, 5.41) is 0.939. The molecule has 3 rings (SSSR count). The van der Waals surface area contributed by atoms with Crippen LogP contribution in [0.5, 0.6) is 0 Å². The van der Waals surface area contributed by atoms with Crippen molar-refractivity contribution in [3.05, 3.63) is 35.4 Å². The molecule has 0 bridgehead atoms. The summed E-state index contributed by atoms with van der Waals surface area (Å²) >= 11 is 0. The molecular formula is C20H25N3O4. The Labute approximate surface area is 158 Å². The lowest BCUT2D eigenvalue weighted by Gasteiger charge is -2.35. The summed E-state index contributed by atoms with van der Waals surface area (Å²) in [4.78, 5) is 33.1. The first-order valence-corrected chi connectivity index (χ1v) is 9.29. The Morgan fingerprint density at radius 1 is 1.04 bits per heavy atom. The molecule has 144 valence electrons. The Balaban J connectivity index is 1.95. The van der Waals surface area contributed by atoms with Gasteiger partial charge in [0.15, 0.2) is 0 Å². The molecule has 1 aromatic carbocycles. The number of rotatable bonds is 4. The van der Waals surface area contributed by atoms with Crippen molar-refractivity contribution in [1.82, 2.24) is 9.88 Å². The second-order valence-corrected chi connectivity index (χ2v) is 6.35. The Kier molecular flexibility index (Phi) is 5.78. The first-order chi connectivity index (χ1) is 13.1. The molecule has 27 heavy (non-hydrogen) atoms. The number of hydrogen-bond acceptors (Lipinski definition) is 6. The number of para-hydroxylation sites is 1. The van der Waals surface area contributed by atoms with Crippen LogP contribution in [-0.4, -0.2) is 61.3 Å². The summed E-state index contributed by atoms with van der Waals surface area (Å²) in [6.45, 7) is 8.38. The van der Waals surface area contributed by atoms with E-state index >= 15 is 0 Å². The molecule has 0 spiro atoms. The Bertz CT molecular complexity index is 844. The van der Waals surface area contributed by atoms with E-state index in [9.17, 15) is 9.59 Å². The molecule has 0 unspecified atom stereocenters. The maximum absolute atomic E-state index is 12.7. The fourth-order valence-corrected chi connectivity index (χ4v) is 3.35. The molecule has 1 fully saturated rings. The van der Waals surface area contributed by atoms with Crippen molar-refractivity contribution in [1.29, 1.82) is 0 Å². The minimum atomic E-state index is -0.365. The number of ether oxygens (including phenoxy) is 2. The van der Waals surface area contributed by atoms with Gasteiger partial charge in [-0.1, -0.05) is 18.2 Å². The number of piperazine rings is 1. The topological polar surface area (TPSA) is 72.0 Å². The van der Waals surface area contributed by atoms with E-state index in [1.54, 1.807) is 18.7 Å². The molecule has 2 aromatic rings. The van der Waals surface area contributed by atoms with Crippen molar-refractivity contribution < 1.29 is 19.1 Å². The SMILES string of the molecule is CCOC(=O)c1c(N2CCN(C(=O)OCC)CC2)nc2ccccc2c1C. The highest BCUT2D eigenvalue weighted by Gasteiger charge is 2.28. The van der Waals surface area contributed by atoms with Gasteiger partial charge in [0.1, 0.15) is 11.4 Å². The Hall–Kier alpha value is -2.83. The van der Waals surface area contributed by atoms with Gasteiger partial charge in [-0.25, -0.2) is 14.6 Å². The number of carbonyl (C=O) groups excluding carboxylic acids is 2. The molecule has 1 aliphatic rings. The summed E-state index contributed by atoms with van der Waals surface area (Å²) in [5.41, 5.74) is 2.20. The van der Waals surface area contributed by atoms with Crippen LogP contribution in [-0.2, 0) is 9.47 Å². The second kappa shape index (κ2) is 8.24. The fourth-order valence-electron chi connectivity index (χ4n) is 3.35. The van der Waals surface area contributed by atoms with Crippen molar-refractivity contribution in [2.24, 2.45) is 0 Å². The fraction of sp³-hybridized carbons (Fsp3) is 0.450. The third-order valence-electron chi connectivity index (χ3n) is 4.72. The van der Waals surface area contributed by atoms with Crippen LogP contribution in [0.2, 0.25) is 0 Å². The van der Waals surface area contributed by atoms with E-state index in [1.165, 1.54) is 0 Å². The number of amides is 1. The van der Waals surface area contributed by atoms with Gasteiger partial charge in [-0.15, -0.1) is 0 Å². The van der Waals surface area contributed by atoms with Crippen LogP contribution < -0.4 is 4.90 Å². The zero-order chi connectivity index (χ0) is 19.4. The average molecular weight is 371 g/mol. The first-order valence-electron chi connectivity index (χ1n) is 9.29. The summed E-state index contributed by atoms with van der Waals surface area (Å²) in [7, 11) is 0. The maximum atomic E-state index is 12.7. The Morgan fingerprint density at radius 2 is 1.70 bits per heavy atom. The molecule has 7 nitrogen and oxygen atoms in total. The molecule has 1 aromatic heterocycles. The van der Waals surface area contributed by atoms with Gasteiger partial charge in [0.2, 0.25) is 0 Å². The molecule has 1 saturated heterocycles. The van der Waals surface area contributed by atoms with E-state index in [4.69, 9.17) is 14.5 Å². The van der Waals surface area contributed by atoms with Gasteiger partial charge < -0.3 is 19.3 Å². The summed E-state index contributed by atoms with van der Waals surface area (Å²) in [6, 6.07) is 7.77. The summed E-state index contributed by atoms with van der Waals surface area (Å²) < 4.78 is 10.4. The van der Waals surface area contributed by atoms with Gasteiger partial charge in [0.25, 0.3) is 0 Å². The van der Waals surface area contributed by atoms with Crippen LogP contribution in [0.3, 0.4) is 0 Å². The minimum Gasteiger partial charge on any atom is -0.462 e. The van der Waals surface area contributed by atoms with Gasteiger partial charge in [-0.05, 0) is 32.4 Å². The van der Waals surface area contributed by atoms with Gasteiger partial charge in [0.05, 0.1) is 18.7 Å². The largest absolute Gasteiger partial charge is 0.462 e. The lowest BCUT2D eigenvalue weighted by Crippen LogP contribution is -2.49. The zero-order valence-electron chi connectivity index (χ0n) is 16.0. The molecule has 0 N–H and O–H groups in total. The lowest BCUT2D eigenvalue weighted by atomic mass is 10.0. The molecule has 0 radical (unpaired) electrons. The molecule has 1 aliphatic heterocycles. The normalized spacial score (nSPS) is 14.3. The molecule has 0 atom stereocenters. The number of anilines is 1. The van der Waals surface area contributed by atoms with Crippen molar-refractivity contribution in [3.8, 4) is 0 Å². The lowest BCUT2D eigenvalue weighted by molar-refractivity contribution is 0.0525. The van der Waals surface area contributed by atoms with Crippen LogP contribution in [0.1, 0.15) is 29.8 Å². The van der Waals surface area contributed by atoms with E-state index in [0.29, 0.717) is 50.8 Å². The van der Waals surface area contributed by atoms with Crippen molar-refractivity contribution >= 4 is 28.8 Å². The predicted molar refractivity (Wildman–Crippen MR) is 103 cm³/mol. The standard InChI is InChI=1S/C20H25N3O4/c1-4-26-19(24)17-14(3)15-8-6-7-9-16(15)21-18(17)22-10-12-23(13-11-22)20(25)27-5-2/h6-9H,4-5,10-13H2,1-3H3. The number of esters is 1. The maximum Gasteiger partial charge on any atom is 0.409 e. The van der Waals surface area contributed by atoms with Crippen LogP contribution >= 0.6 is 0 Å². The Morgan fingerprint density at radius 3 is 2.37 bits per heavy atom. The van der Waals surface area contributed by atoms with Crippen LogP contribution in [0.4, 0.5) is 10.6 Å². The number of hydrogen-bond donors (Lipinski definition) is 0. The van der Waals surface area contributed by atoms with E-state index in [2.05, 4.69) is 0 Å². The van der Waals surface area contributed by atoms with Gasteiger partial charge >= 0.3 is 12.1 Å². The smallest absolute Gasteiger partial charge is 0.409 e. The highest BCUT2D eigenvalue weighted by molar-refractivity contribution is 6.02. The number of pyridine rings is 1. The highest BCUT2D eigenvalue weighted by Crippen LogP contribution is 2.30. The highest BCUT2D eigenvalue weighted by atomic mass is 16.6. The third kappa shape index (κ3) is 3.82. The summed E-state index contributed by atoms with van der Waals surface area (Å²) in [6.07, 6.45) is -0.301. The summed E-state index contributed by atoms with van der Waals surface area (Å²) in [5.74, 6) is 0.254. The number of aromatic nitrogens is 1. The van der Waals surface area contributed by atoms with Crippen LogP contribution in [0, 0.1) is 6.92 Å². The number of benzene rings is 1. The number of aryl methyl sites for hydroxylation is 1. The van der Waals surface area contributed by atoms with E-state index in [1.807, 2.05) is 36.1 Å². The van der Waals surface area contributed by atoms with Gasteiger partial charge in [0, 0.05) is 31.6 Å². The molecular weight excluding hydrogens is 346 g/mol. The van der Waals surface area contributed by atoms with E-state index in [-0.39, 0.29) is 12.1 Å². The van der Waals surface area contributed by atoms with Crippen molar-refractivity contribution in [2.45, 2.75) is 20.8 Å². The molecule has 0 saturated carbocycles. The molecule has 1 amide bonds. The molecule has 0 aliphatic carbocycles. The minimum absolute atomic E-state index is 0.301. The number of fused-ring (bicyclic) bond motifs is 1. The van der Waals surface area contributed by atoms with Crippen LogP contribution in [0.15, 0.2) is 24.3 Å². The monoisotopic (exact) mass is 371 g/mol.